The van der Waals surface area contributed by atoms with Gasteiger partial charge in [-0.15, -0.1) is 0 Å². The molecule has 1 N–H and O–H groups in total. The van der Waals surface area contributed by atoms with Gasteiger partial charge in [0.1, 0.15) is 0 Å². The monoisotopic (exact) mass is 310 g/mol. The number of hydrogen-bond donors (Lipinski definition) is 1. The molecule has 3 rings (SSSR count). The predicted octanol–water partition coefficient (Wildman–Crippen LogP) is 4.28. The van der Waals surface area contributed by atoms with E-state index in [-0.39, 0.29) is 0 Å². The number of rotatable bonds is 4. The van der Waals surface area contributed by atoms with Gasteiger partial charge in [0.15, 0.2) is 0 Å². The fourth-order valence-corrected chi connectivity index (χ4v) is 2.17. The number of imidazole rings is 1. The van der Waals surface area contributed by atoms with Crippen molar-refractivity contribution in [3.8, 4) is 5.69 Å². The van der Waals surface area contributed by atoms with Gasteiger partial charge in [0, 0.05) is 23.1 Å². The number of nitrogens with zero attached hydrogens (tertiary/aromatic N) is 3. The molecule has 1 aromatic heterocycles. The van der Waals surface area contributed by atoms with E-state index in [0.717, 1.165) is 27.5 Å². The standard InChI is InChI=1S/C17H15ClN4/c1-13-2-5-15(10-17(13)18)21-20-11-14-3-6-16(7-4-14)22-9-8-19-12-22/h2-12,21H,1H3. The van der Waals surface area contributed by atoms with E-state index in [2.05, 4.69) is 15.5 Å². The number of nitrogens with one attached hydrogen (secondary N) is 1. The van der Waals surface area contributed by atoms with Crippen molar-refractivity contribution in [2.45, 2.75) is 6.92 Å². The maximum Gasteiger partial charge on any atom is 0.0991 e. The Morgan fingerprint density at radius 1 is 1.18 bits per heavy atom. The first-order valence-electron chi connectivity index (χ1n) is 6.86. The molecule has 110 valence electrons. The van der Waals surface area contributed by atoms with Crippen LogP contribution in [0.3, 0.4) is 0 Å². The van der Waals surface area contributed by atoms with Gasteiger partial charge >= 0.3 is 0 Å². The Labute approximate surface area is 134 Å². The van der Waals surface area contributed by atoms with E-state index in [1.807, 2.05) is 60.2 Å². The van der Waals surface area contributed by atoms with Crippen molar-refractivity contribution in [2.75, 3.05) is 5.43 Å². The number of aromatic nitrogens is 2. The highest BCUT2D eigenvalue weighted by Gasteiger charge is 1.97. The highest BCUT2D eigenvalue weighted by Crippen LogP contribution is 2.19. The van der Waals surface area contributed by atoms with E-state index in [9.17, 15) is 0 Å². The molecule has 0 aliphatic rings. The topological polar surface area (TPSA) is 42.2 Å². The summed E-state index contributed by atoms with van der Waals surface area (Å²) in [5.41, 5.74) is 6.96. The molecule has 0 amide bonds. The largest absolute Gasteiger partial charge is 0.306 e. The van der Waals surface area contributed by atoms with Crippen LogP contribution in [-0.2, 0) is 0 Å². The summed E-state index contributed by atoms with van der Waals surface area (Å²) in [6, 6.07) is 13.8. The molecule has 3 aromatic rings. The molecule has 0 unspecified atom stereocenters. The lowest BCUT2D eigenvalue weighted by Gasteiger charge is -2.03. The van der Waals surface area contributed by atoms with Crippen LogP contribution >= 0.6 is 11.6 Å². The summed E-state index contributed by atoms with van der Waals surface area (Å²) >= 11 is 6.08. The van der Waals surface area contributed by atoms with Crippen LogP contribution in [0.1, 0.15) is 11.1 Å². The summed E-state index contributed by atoms with van der Waals surface area (Å²) in [7, 11) is 0. The molecule has 0 aliphatic carbocycles. The van der Waals surface area contributed by atoms with Gasteiger partial charge in [-0.1, -0.05) is 29.8 Å². The molecule has 1 heterocycles. The molecule has 4 nitrogen and oxygen atoms in total. The lowest BCUT2D eigenvalue weighted by Crippen LogP contribution is -1.93. The van der Waals surface area contributed by atoms with Gasteiger partial charge in [0.25, 0.3) is 0 Å². The van der Waals surface area contributed by atoms with Crippen LogP contribution in [-0.4, -0.2) is 15.8 Å². The third-order valence-electron chi connectivity index (χ3n) is 3.27. The minimum absolute atomic E-state index is 0.727. The Hall–Kier alpha value is -2.59. The molecule has 2 aromatic carbocycles. The van der Waals surface area contributed by atoms with Gasteiger partial charge in [-0.05, 0) is 42.3 Å². The smallest absolute Gasteiger partial charge is 0.0991 e. The molecular formula is C17H15ClN4. The Morgan fingerprint density at radius 2 is 2.00 bits per heavy atom. The quantitative estimate of drug-likeness (QED) is 0.577. The van der Waals surface area contributed by atoms with E-state index < -0.39 is 0 Å². The molecule has 0 atom stereocenters. The van der Waals surface area contributed by atoms with E-state index in [4.69, 9.17) is 11.6 Å². The fourth-order valence-electron chi connectivity index (χ4n) is 1.99. The Bertz CT molecular complexity index is 777. The first kappa shape index (κ1) is 14.4. The minimum Gasteiger partial charge on any atom is -0.306 e. The third kappa shape index (κ3) is 3.35. The van der Waals surface area contributed by atoms with Crippen LogP contribution in [0.15, 0.2) is 66.3 Å². The van der Waals surface area contributed by atoms with Gasteiger partial charge in [-0.2, -0.15) is 5.10 Å². The summed E-state index contributed by atoms with van der Waals surface area (Å²) in [6.45, 7) is 1.97. The van der Waals surface area contributed by atoms with E-state index >= 15 is 0 Å². The first-order chi connectivity index (χ1) is 10.7. The predicted molar refractivity (Wildman–Crippen MR) is 91.0 cm³/mol. The SMILES string of the molecule is Cc1ccc(NN=Cc2ccc(-n3ccnc3)cc2)cc1Cl. The molecule has 0 radical (unpaired) electrons. The average molecular weight is 311 g/mol. The van der Waals surface area contributed by atoms with Crippen LogP contribution in [0.2, 0.25) is 5.02 Å². The second-order valence-corrected chi connectivity index (χ2v) is 5.30. The van der Waals surface area contributed by atoms with Crippen molar-refractivity contribution in [1.29, 1.82) is 0 Å². The van der Waals surface area contributed by atoms with Gasteiger partial charge in [0.2, 0.25) is 0 Å². The second-order valence-electron chi connectivity index (χ2n) is 4.90. The van der Waals surface area contributed by atoms with Crippen LogP contribution in [0.5, 0.6) is 0 Å². The molecule has 0 saturated carbocycles. The molecule has 0 bridgehead atoms. The van der Waals surface area contributed by atoms with Gasteiger partial charge in [-0.3, -0.25) is 5.43 Å². The third-order valence-corrected chi connectivity index (χ3v) is 3.68. The Balaban J connectivity index is 1.66. The zero-order valence-corrected chi connectivity index (χ0v) is 12.8. The molecule has 22 heavy (non-hydrogen) atoms. The number of anilines is 1. The van der Waals surface area contributed by atoms with Gasteiger partial charge in [-0.25, -0.2) is 4.98 Å². The highest BCUT2D eigenvalue weighted by molar-refractivity contribution is 6.31. The van der Waals surface area contributed by atoms with Crippen LogP contribution < -0.4 is 5.43 Å². The zero-order valence-electron chi connectivity index (χ0n) is 12.1. The average Bonchev–Trinajstić information content (AvgIpc) is 3.06. The Kier molecular flexibility index (Phi) is 4.21. The van der Waals surface area contributed by atoms with Crippen LogP contribution in [0.4, 0.5) is 5.69 Å². The molecule has 0 spiro atoms. The summed E-state index contributed by atoms with van der Waals surface area (Å²) in [5, 5.41) is 4.95. The van der Waals surface area contributed by atoms with Crippen LogP contribution in [0, 0.1) is 6.92 Å². The lowest BCUT2D eigenvalue weighted by atomic mass is 10.2. The van der Waals surface area contributed by atoms with Gasteiger partial charge < -0.3 is 4.57 Å². The van der Waals surface area contributed by atoms with Crippen molar-refractivity contribution in [1.82, 2.24) is 9.55 Å². The molecule has 5 heteroatoms. The summed E-state index contributed by atoms with van der Waals surface area (Å²) in [5.74, 6) is 0. The zero-order chi connectivity index (χ0) is 15.4. The number of hydrazone groups is 1. The highest BCUT2D eigenvalue weighted by atomic mass is 35.5. The number of benzene rings is 2. The van der Waals surface area contributed by atoms with Crippen LogP contribution in [0.25, 0.3) is 5.69 Å². The van der Waals surface area contributed by atoms with Crippen molar-refractivity contribution in [2.24, 2.45) is 5.10 Å². The molecule has 0 aliphatic heterocycles. The van der Waals surface area contributed by atoms with E-state index in [1.54, 1.807) is 18.7 Å². The fraction of sp³-hybridized carbons (Fsp3) is 0.0588. The number of halogens is 1. The molecule has 0 saturated heterocycles. The van der Waals surface area contributed by atoms with E-state index in [1.165, 1.54) is 0 Å². The van der Waals surface area contributed by atoms with Crippen molar-refractivity contribution in [3.05, 3.63) is 77.3 Å². The normalized spacial score (nSPS) is 11.0. The summed E-state index contributed by atoms with van der Waals surface area (Å²) < 4.78 is 1.95. The van der Waals surface area contributed by atoms with Gasteiger partial charge in [0.05, 0.1) is 18.2 Å². The number of aryl methyl sites for hydroxylation is 1. The van der Waals surface area contributed by atoms with E-state index in [0.29, 0.717) is 0 Å². The lowest BCUT2D eigenvalue weighted by molar-refractivity contribution is 1.06. The van der Waals surface area contributed by atoms with Crippen molar-refractivity contribution >= 4 is 23.5 Å². The summed E-state index contributed by atoms with van der Waals surface area (Å²) in [4.78, 5) is 4.03. The summed E-state index contributed by atoms with van der Waals surface area (Å²) in [6.07, 6.45) is 7.20. The minimum atomic E-state index is 0.727. The maximum atomic E-state index is 6.08. The first-order valence-corrected chi connectivity index (χ1v) is 7.24. The molecular weight excluding hydrogens is 296 g/mol. The van der Waals surface area contributed by atoms with Crippen molar-refractivity contribution < 1.29 is 0 Å². The maximum absolute atomic E-state index is 6.08. The Morgan fingerprint density at radius 3 is 2.68 bits per heavy atom. The second kappa shape index (κ2) is 6.45. The van der Waals surface area contributed by atoms with Crippen molar-refractivity contribution in [3.63, 3.8) is 0 Å². The number of hydrogen-bond acceptors (Lipinski definition) is 3. The molecule has 0 fully saturated rings.